The third-order valence-corrected chi connectivity index (χ3v) is 10.4. The Morgan fingerprint density at radius 1 is 0.333 bits per heavy atom. The molecule has 0 amide bonds. The molecular formula is C46H31NS. The monoisotopic (exact) mass is 629 g/mol. The zero-order valence-electron chi connectivity index (χ0n) is 26.3. The molecule has 0 spiro atoms. The van der Waals surface area contributed by atoms with Gasteiger partial charge in [0.05, 0.1) is 0 Å². The van der Waals surface area contributed by atoms with E-state index in [4.69, 9.17) is 0 Å². The molecule has 1 nitrogen and oxygen atoms in total. The predicted molar refractivity (Wildman–Crippen MR) is 208 cm³/mol. The first-order chi connectivity index (χ1) is 23.8. The Bertz CT molecular complexity index is 2560. The van der Waals surface area contributed by atoms with Gasteiger partial charge in [-0.1, -0.05) is 140 Å². The van der Waals surface area contributed by atoms with Crippen LogP contribution in [0.15, 0.2) is 188 Å². The standard InChI is InChI=1S/C46H31NS/c1-2-12-32(13-3-1)33-26-28-37(29-27-33)47(38-18-8-16-35(30-38)41-22-10-15-34-14-4-5-20-40(34)41)39-19-9-17-36(31-39)42-23-11-25-45-46(42)43-21-6-7-24-44(43)48-45/h1-31H. The molecule has 0 atom stereocenters. The van der Waals surface area contributed by atoms with Gasteiger partial charge in [-0.05, 0) is 92.7 Å². The van der Waals surface area contributed by atoms with Gasteiger partial charge >= 0.3 is 0 Å². The minimum atomic E-state index is 1.11. The first-order valence-electron chi connectivity index (χ1n) is 16.3. The number of hydrogen-bond acceptors (Lipinski definition) is 2. The molecule has 0 unspecified atom stereocenters. The van der Waals surface area contributed by atoms with Crippen LogP contribution in [0, 0.1) is 0 Å². The Hall–Kier alpha value is -5.96. The lowest BCUT2D eigenvalue weighted by atomic mass is 9.97. The molecule has 2 heteroatoms. The zero-order chi connectivity index (χ0) is 31.9. The van der Waals surface area contributed by atoms with E-state index in [-0.39, 0.29) is 0 Å². The van der Waals surface area contributed by atoms with Crippen molar-refractivity contribution in [2.45, 2.75) is 0 Å². The zero-order valence-corrected chi connectivity index (χ0v) is 27.1. The van der Waals surface area contributed by atoms with E-state index in [0.717, 1.165) is 17.1 Å². The Morgan fingerprint density at radius 3 is 1.67 bits per heavy atom. The molecule has 0 N–H and O–H groups in total. The van der Waals surface area contributed by atoms with Crippen molar-refractivity contribution in [3.05, 3.63) is 188 Å². The normalized spacial score (nSPS) is 11.3. The third kappa shape index (κ3) is 5.04. The summed E-state index contributed by atoms with van der Waals surface area (Å²) >= 11 is 1.86. The molecule has 9 rings (SSSR count). The van der Waals surface area contributed by atoms with Crippen molar-refractivity contribution in [1.82, 2.24) is 0 Å². The molecule has 48 heavy (non-hydrogen) atoms. The molecule has 0 radical (unpaired) electrons. The Labute approximate surface area is 284 Å². The molecule has 0 bridgehead atoms. The third-order valence-electron chi connectivity index (χ3n) is 9.26. The highest BCUT2D eigenvalue weighted by Gasteiger charge is 2.17. The number of anilines is 3. The molecule has 9 aromatic rings. The van der Waals surface area contributed by atoms with Crippen LogP contribution in [0.1, 0.15) is 0 Å². The fraction of sp³-hybridized carbons (Fsp3) is 0. The second-order valence-electron chi connectivity index (χ2n) is 12.2. The van der Waals surface area contributed by atoms with Gasteiger partial charge in [-0.3, -0.25) is 0 Å². The van der Waals surface area contributed by atoms with Crippen LogP contribution in [0.4, 0.5) is 17.1 Å². The van der Waals surface area contributed by atoms with Crippen molar-refractivity contribution in [2.75, 3.05) is 4.90 Å². The molecule has 1 heterocycles. The van der Waals surface area contributed by atoms with Crippen LogP contribution in [0.5, 0.6) is 0 Å². The first kappa shape index (κ1) is 28.3. The summed E-state index contributed by atoms with van der Waals surface area (Å²) in [6, 6.07) is 68.1. The highest BCUT2D eigenvalue weighted by Crippen LogP contribution is 2.43. The summed E-state index contributed by atoms with van der Waals surface area (Å²) in [6.07, 6.45) is 0. The Kier molecular flexibility index (Phi) is 7.07. The van der Waals surface area contributed by atoms with Crippen LogP contribution in [-0.2, 0) is 0 Å². The van der Waals surface area contributed by atoms with Crippen LogP contribution in [0.25, 0.3) is 64.3 Å². The molecule has 0 saturated carbocycles. The number of benzene rings is 8. The van der Waals surface area contributed by atoms with Crippen LogP contribution >= 0.6 is 11.3 Å². The molecule has 1 aromatic heterocycles. The fourth-order valence-electron chi connectivity index (χ4n) is 7.00. The maximum atomic E-state index is 2.39. The average Bonchev–Trinajstić information content (AvgIpc) is 3.55. The van der Waals surface area contributed by atoms with Crippen molar-refractivity contribution < 1.29 is 0 Å². The van der Waals surface area contributed by atoms with Crippen molar-refractivity contribution >= 4 is 59.3 Å². The topological polar surface area (TPSA) is 3.24 Å². The molecule has 0 aliphatic carbocycles. The second-order valence-corrected chi connectivity index (χ2v) is 13.2. The predicted octanol–water partition coefficient (Wildman–Crippen LogP) is 13.7. The summed E-state index contributed by atoms with van der Waals surface area (Å²) in [5.41, 5.74) is 10.7. The van der Waals surface area contributed by atoms with Crippen molar-refractivity contribution in [1.29, 1.82) is 0 Å². The summed E-state index contributed by atoms with van der Waals surface area (Å²) < 4.78 is 2.64. The van der Waals surface area contributed by atoms with Gasteiger partial charge in [0.15, 0.2) is 0 Å². The van der Waals surface area contributed by atoms with E-state index >= 15 is 0 Å². The van der Waals surface area contributed by atoms with Gasteiger partial charge in [0, 0.05) is 37.2 Å². The maximum absolute atomic E-state index is 2.39. The van der Waals surface area contributed by atoms with Crippen LogP contribution in [0.3, 0.4) is 0 Å². The van der Waals surface area contributed by atoms with Gasteiger partial charge in [0.25, 0.3) is 0 Å². The lowest BCUT2D eigenvalue weighted by molar-refractivity contribution is 1.28. The number of fused-ring (bicyclic) bond motifs is 4. The molecule has 0 aliphatic heterocycles. The first-order valence-corrected chi connectivity index (χ1v) is 17.2. The van der Waals surface area contributed by atoms with Gasteiger partial charge in [-0.2, -0.15) is 0 Å². The van der Waals surface area contributed by atoms with Crippen molar-refractivity contribution in [2.24, 2.45) is 0 Å². The largest absolute Gasteiger partial charge is 0.310 e. The van der Waals surface area contributed by atoms with E-state index in [2.05, 4.69) is 193 Å². The minimum absolute atomic E-state index is 1.11. The summed E-state index contributed by atoms with van der Waals surface area (Å²) in [7, 11) is 0. The SMILES string of the molecule is c1ccc(-c2ccc(N(c3cccc(-c4cccc5ccccc45)c3)c3cccc(-c4cccc5sc6ccccc6c45)c3)cc2)cc1. The molecule has 8 aromatic carbocycles. The summed E-state index contributed by atoms with van der Waals surface area (Å²) in [6.45, 7) is 0. The molecule has 226 valence electrons. The Morgan fingerprint density at radius 2 is 0.875 bits per heavy atom. The summed E-state index contributed by atoms with van der Waals surface area (Å²) in [5.74, 6) is 0. The highest BCUT2D eigenvalue weighted by molar-refractivity contribution is 7.25. The number of hydrogen-bond donors (Lipinski definition) is 0. The van der Waals surface area contributed by atoms with Crippen LogP contribution < -0.4 is 4.90 Å². The average molecular weight is 630 g/mol. The molecule has 0 fully saturated rings. The second kappa shape index (κ2) is 12.0. The number of nitrogens with zero attached hydrogens (tertiary/aromatic N) is 1. The highest BCUT2D eigenvalue weighted by atomic mass is 32.1. The number of rotatable bonds is 6. The maximum Gasteiger partial charge on any atom is 0.0467 e. The van der Waals surface area contributed by atoms with Gasteiger partial charge < -0.3 is 4.90 Å². The van der Waals surface area contributed by atoms with E-state index in [0.29, 0.717) is 0 Å². The van der Waals surface area contributed by atoms with E-state index < -0.39 is 0 Å². The lowest BCUT2D eigenvalue weighted by Gasteiger charge is -2.27. The van der Waals surface area contributed by atoms with E-state index in [1.165, 1.54) is 64.3 Å². The molecule has 0 saturated heterocycles. The van der Waals surface area contributed by atoms with Gasteiger partial charge in [0.1, 0.15) is 0 Å². The summed E-state index contributed by atoms with van der Waals surface area (Å²) in [4.78, 5) is 2.39. The van der Waals surface area contributed by atoms with E-state index in [1.54, 1.807) is 0 Å². The quantitative estimate of drug-likeness (QED) is 0.177. The van der Waals surface area contributed by atoms with E-state index in [1.807, 2.05) is 11.3 Å². The van der Waals surface area contributed by atoms with Gasteiger partial charge in [0.2, 0.25) is 0 Å². The van der Waals surface area contributed by atoms with E-state index in [9.17, 15) is 0 Å². The lowest BCUT2D eigenvalue weighted by Crippen LogP contribution is -2.10. The smallest absolute Gasteiger partial charge is 0.0467 e. The van der Waals surface area contributed by atoms with Crippen molar-refractivity contribution in [3.63, 3.8) is 0 Å². The number of thiophene rings is 1. The molecular weight excluding hydrogens is 599 g/mol. The van der Waals surface area contributed by atoms with Crippen LogP contribution in [0.2, 0.25) is 0 Å². The van der Waals surface area contributed by atoms with Gasteiger partial charge in [-0.15, -0.1) is 11.3 Å². The molecule has 0 aliphatic rings. The minimum Gasteiger partial charge on any atom is -0.310 e. The Balaban J connectivity index is 1.21. The van der Waals surface area contributed by atoms with Gasteiger partial charge in [-0.25, -0.2) is 0 Å². The van der Waals surface area contributed by atoms with Crippen LogP contribution in [-0.4, -0.2) is 0 Å². The summed E-state index contributed by atoms with van der Waals surface area (Å²) in [5, 5.41) is 5.15. The van der Waals surface area contributed by atoms with Crippen molar-refractivity contribution in [3.8, 4) is 33.4 Å². The fourth-order valence-corrected chi connectivity index (χ4v) is 8.13.